The second-order valence-electron chi connectivity index (χ2n) is 4.89. The highest BCUT2D eigenvalue weighted by atomic mass is 32.2. The number of nitrogens with one attached hydrogen (secondary N) is 1. The van der Waals surface area contributed by atoms with E-state index in [1.165, 1.54) is 0 Å². The van der Waals surface area contributed by atoms with E-state index in [4.69, 9.17) is 5.73 Å². The van der Waals surface area contributed by atoms with Crippen LogP contribution in [0, 0.1) is 11.6 Å². The number of benzene rings is 1. The van der Waals surface area contributed by atoms with E-state index in [0.29, 0.717) is 12.8 Å². The van der Waals surface area contributed by atoms with Crippen LogP contribution < -0.4 is 10.5 Å². The fourth-order valence-corrected chi connectivity index (χ4v) is 3.77. The number of aliphatic hydroxyl groups excluding tert-OH is 1. The zero-order valence-electron chi connectivity index (χ0n) is 10.6. The maximum absolute atomic E-state index is 13.7. The van der Waals surface area contributed by atoms with Crippen LogP contribution in [0.3, 0.4) is 0 Å². The Bertz CT molecular complexity index is 584. The van der Waals surface area contributed by atoms with Crippen molar-refractivity contribution in [3.8, 4) is 0 Å². The van der Waals surface area contributed by atoms with Gasteiger partial charge in [-0.05, 0) is 25.0 Å². The van der Waals surface area contributed by atoms with Gasteiger partial charge in [0.15, 0.2) is 4.90 Å². The van der Waals surface area contributed by atoms with Crippen molar-refractivity contribution >= 4 is 15.7 Å². The van der Waals surface area contributed by atoms with Crippen LogP contribution in [0.25, 0.3) is 0 Å². The minimum absolute atomic E-state index is 0.198. The molecule has 0 saturated heterocycles. The van der Waals surface area contributed by atoms with Crippen LogP contribution in [-0.2, 0) is 10.0 Å². The largest absolute Gasteiger partial charge is 0.399 e. The molecule has 1 aromatic carbocycles. The first-order valence-electron chi connectivity index (χ1n) is 6.26. The summed E-state index contributed by atoms with van der Waals surface area (Å²) in [5.41, 5.74) is 5.05. The van der Waals surface area contributed by atoms with Gasteiger partial charge in [-0.15, -0.1) is 0 Å². The molecule has 2 rings (SSSR count). The molecule has 0 bridgehead atoms. The third kappa shape index (κ3) is 3.08. The van der Waals surface area contributed by atoms with Gasteiger partial charge in [0.25, 0.3) is 0 Å². The van der Waals surface area contributed by atoms with Crippen molar-refractivity contribution < 1.29 is 22.3 Å². The second kappa shape index (κ2) is 5.63. The van der Waals surface area contributed by atoms with Crippen LogP contribution in [0.15, 0.2) is 17.0 Å². The number of anilines is 1. The number of sulfonamides is 1. The number of halogens is 2. The predicted molar refractivity (Wildman–Crippen MR) is 69.4 cm³/mol. The Morgan fingerprint density at radius 3 is 2.30 bits per heavy atom. The van der Waals surface area contributed by atoms with Crippen molar-refractivity contribution in [3.63, 3.8) is 0 Å². The molecule has 0 amide bonds. The zero-order valence-corrected chi connectivity index (χ0v) is 11.5. The lowest BCUT2D eigenvalue weighted by Gasteiger charge is -2.28. The van der Waals surface area contributed by atoms with Crippen LogP contribution in [0.1, 0.15) is 25.7 Å². The van der Waals surface area contributed by atoms with Gasteiger partial charge < -0.3 is 10.8 Å². The van der Waals surface area contributed by atoms with Gasteiger partial charge >= 0.3 is 0 Å². The molecular weight excluding hydrogens is 290 g/mol. The number of aliphatic hydroxyl groups is 1. The summed E-state index contributed by atoms with van der Waals surface area (Å²) in [5, 5.41) is 9.73. The van der Waals surface area contributed by atoms with Gasteiger partial charge in [-0.3, -0.25) is 0 Å². The Morgan fingerprint density at radius 1 is 1.20 bits per heavy atom. The second-order valence-corrected chi connectivity index (χ2v) is 6.54. The SMILES string of the molecule is Nc1cc(F)c(S(=O)(=O)NC2CCCCC2O)c(F)c1. The molecule has 0 spiro atoms. The lowest BCUT2D eigenvalue weighted by Crippen LogP contribution is -2.45. The summed E-state index contributed by atoms with van der Waals surface area (Å²) in [5.74, 6) is -2.50. The zero-order chi connectivity index (χ0) is 14.9. The summed E-state index contributed by atoms with van der Waals surface area (Å²) in [4.78, 5) is -1.07. The fourth-order valence-electron chi connectivity index (χ4n) is 2.34. The first-order valence-corrected chi connectivity index (χ1v) is 7.74. The third-order valence-corrected chi connectivity index (χ3v) is 4.87. The van der Waals surface area contributed by atoms with Gasteiger partial charge in [0, 0.05) is 11.7 Å². The molecule has 1 aromatic rings. The van der Waals surface area contributed by atoms with E-state index >= 15 is 0 Å². The molecule has 2 unspecified atom stereocenters. The normalized spacial score (nSPS) is 23.8. The van der Waals surface area contributed by atoms with Crippen molar-refractivity contribution in [2.75, 3.05) is 5.73 Å². The van der Waals surface area contributed by atoms with Crippen LogP contribution in [-0.4, -0.2) is 25.7 Å². The number of hydrogen-bond donors (Lipinski definition) is 3. The van der Waals surface area contributed by atoms with E-state index in [-0.39, 0.29) is 5.69 Å². The number of hydrogen-bond acceptors (Lipinski definition) is 4. The lowest BCUT2D eigenvalue weighted by atomic mass is 9.93. The highest BCUT2D eigenvalue weighted by Crippen LogP contribution is 2.24. The molecule has 8 heteroatoms. The van der Waals surface area contributed by atoms with E-state index in [1.807, 2.05) is 0 Å². The Hall–Kier alpha value is -1.25. The first kappa shape index (κ1) is 15.1. The number of nitrogens with two attached hydrogens (primary N) is 1. The van der Waals surface area contributed by atoms with Crippen molar-refractivity contribution in [2.45, 2.75) is 42.7 Å². The molecule has 1 saturated carbocycles. The van der Waals surface area contributed by atoms with Crippen molar-refractivity contribution in [3.05, 3.63) is 23.8 Å². The van der Waals surface area contributed by atoms with Gasteiger partial charge in [0.1, 0.15) is 11.6 Å². The average molecular weight is 306 g/mol. The highest BCUT2D eigenvalue weighted by Gasteiger charge is 2.31. The van der Waals surface area contributed by atoms with Gasteiger partial charge in [-0.1, -0.05) is 12.8 Å². The summed E-state index contributed by atoms with van der Waals surface area (Å²) < 4.78 is 53.6. The lowest BCUT2D eigenvalue weighted by molar-refractivity contribution is 0.101. The molecular formula is C12H16F2N2O3S. The first-order chi connectivity index (χ1) is 9.31. The van der Waals surface area contributed by atoms with E-state index in [0.717, 1.165) is 25.0 Å². The Labute approximate surface area is 115 Å². The molecule has 4 N–H and O–H groups in total. The van der Waals surface area contributed by atoms with Gasteiger partial charge in [0.2, 0.25) is 10.0 Å². The highest BCUT2D eigenvalue weighted by molar-refractivity contribution is 7.89. The van der Waals surface area contributed by atoms with Crippen molar-refractivity contribution in [2.24, 2.45) is 0 Å². The van der Waals surface area contributed by atoms with Gasteiger partial charge in [0.05, 0.1) is 6.10 Å². The minimum atomic E-state index is -4.39. The summed E-state index contributed by atoms with van der Waals surface area (Å²) in [6.45, 7) is 0. The molecule has 0 heterocycles. The standard InChI is InChI=1S/C12H16F2N2O3S/c13-8-5-7(15)6-9(14)12(8)20(18,19)16-10-3-1-2-4-11(10)17/h5-6,10-11,16-17H,1-4,15H2. The predicted octanol–water partition coefficient (Wildman–Crippen LogP) is 1.13. The maximum Gasteiger partial charge on any atom is 0.246 e. The fraction of sp³-hybridized carbons (Fsp3) is 0.500. The molecule has 2 atom stereocenters. The van der Waals surface area contributed by atoms with Crippen LogP contribution >= 0.6 is 0 Å². The smallest absolute Gasteiger partial charge is 0.246 e. The Balaban J connectivity index is 2.31. The Morgan fingerprint density at radius 2 is 1.75 bits per heavy atom. The van der Waals surface area contributed by atoms with Crippen LogP contribution in [0.4, 0.5) is 14.5 Å². The summed E-state index contributed by atoms with van der Waals surface area (Å²) in [6.07, 6.45) is 1.58. The Kier molecular flexibility index (Phi) is 4.26. The molecule has 20 heavy (non-hydrogen) atoms. The molecule has 1 aliphatic rings. The van der Waals surface area contributed by atoms with Gasteiger partial charge in [-0.25, -0.2) is 21.9 Å². The average Bonchev–Trinajstić information content (AvgIpc) is 2.30. The van der Waals surface area contributed by atoms with Crippen molar-refractivity contribution in [1.82, 2.24) is 4.72 Å². The molecule has 1 fully saturated rings. The van der Waals surface area contributed by atoms with Crippen LogP contribution in [0.2, 0.25) is 0 Å². The molecule has 112 valence electrons. The molecule has 1 aliphatic carbocycles. The van der Waals surface area contributed by atoms with E-state index < -0.39 is 38.7 Å². The monoisotopic (exact) mass is 306 g/mol. The van der Waals surface area contributed by atoms with E-state index in [2.05, 4.69) is 4.72 Å². The molecule has 0 aliphatic heterocycles. The summed E-state index contributed by atoms with van der Waals surface area (Å²) in [7, 11) is -4.39. The van der Waals surface area contributed by atoms with Crippen molar-refractivity contribution in [1.29, 1.82) is 0 Å². The summed E-state index contributed by atoms with van der Waals surface area (Å²) in [6, 6.07) is 0.759. The number of nitrogen functional groups attached to an aromatic ring is 1. The molecule has 5 nitrogen and oxygen atoms in total. The molecule has 0 radical (unpaired) electrons. The van der Waals surface area contributed by atoms with E-state index in [9.17, 15) is 22.3 Å². The van der Waals surface area contributed by atoms with E-state index in [1.54, 1.807) is 0 Å². The van der Waals surface area contributed by atoms with Crippen LogP contribution in [0.5, 0.6) is 0 Å². The third-order valence-electron chi connectivity index (χ3n) is 3.33. The number of rotatable bonds is 3. The molecule has 0 aromatic heterocycles. The minimum Gasteiger partial charge on any atom is -0.399 e. The maximum atomic E-state index is 13.7. The summed E-state index contributed by atoms with van der Waals surface area (Å²) >= 11 is 0. The quantitative estimate of drug-likeness (QED) is 0.730. The topological polar surface area (TPSA) is 92.4 Å². The van der Waals surface area contributed by atoms with Gasteiger partial charge in [-0.2, -0.15) is 0 Å².